The van der Waals surface area contributed by atoms with E-state index in [1.165, 1.54) is 0 Å². The number of carbonyl (C=O) groups is 1. The number of nitrogens with zero attached hydrogens (tertiary/aromatic N) is 1. The summed E-state index contributed by atoms with van der Waals surface area (Å²) in [6.07, 6.45) is 0. The number of fused-ring (bicyclic) bond motifs is 1. The Morgan fingerprint density at radius 1 is 1.20 bits per heavy atom. The number of halogens is 1. The van der Waals surface area contributed by atoms with E-state index in [2.05, 4.69) is 5.18 Å². The first-order valence-corrected chi connectivity index (χ1v) is 5.22. The van der Waals surface area contributed by atoms with Crippen LogP contribution in [0.3, 0.4) is 0 Å². The Kier molecular flexibility index (Phi) is 3.07. The van der Waals surface area contributed by atoms with Crippen molar-refractivity contribution in [1.82, 2.24) is 0 Å². The average molecular weight is 278 g/mol. The second-order valence-electron chi connectivity index (χ2n) is 3.93. The fourth-order valence-electron chi connectivity index (χ4n) is 1.78. The SMILES string of the molecule is NC(=O)c1cc(=O)c(O)c2c(N=O)c(O)c(F)cc2c1. The molecule has 0 saturated carbocycles. The molecule has 0 spiro atoms. The van der Waals surface area contributed by atoms with Gasteiger partial charge in [-0.3, -0.25) is 9.59 Å². The van der Waals surface area contributed by atoms with Crippen LogP contribution in [0.25, 0.3) is 10.8 Å². The number of aromatic hydroxyl groups is 2. The zero-order chi connectivity index (χ0) is 15.0. The molecule has 2 aromatic carbocycles. The normalized spacial score (nSPS) is 10.4. The third-order valence-electron chi connectivity index (χ3n) is 2.70. The minimum atomic E-state index is -1.19. The van der Waals surface area contributed by atoms with E-state index in [0.29, 0.717) is 0 Å². The summed E-state index contributed by atoms with van der Waals surface area (Å²) in [5.41, 5.74) is 2.88. The molecule has 0 bridgehead atoms. The van der Waals surface area contributed by atoms with E-state index < -0.39 is 39.7 Å². The molecule has 8 heteroatoms. The van der Waals surface area contributed by atoms with E-state index in [1.54, 1.807) is 0 Å². The number of hydrogen-bond donors (Lipinski definition) is 3. The highest BCUT2D eigenvalue weighted by molar-refractivity contribution is 6.03. The van der Waals surface area contributed by atoms with Crippen LogP contribution in [0.5, 0.6) is 11.5 Å². The van der Waals surface area contributed by atoms with Crippen LogP contribution in [0.15, 0.2) is 28.2 Å². The lowest BCUT2D eigenvalue weighted by Gasteiger charge is -2.02. The van der Waals surface area contributed by atoms with Crippen LogP contribution in [-0.2, 0) is 0 Å². The van der Waals surface area contributed by atoms with Gasteiger partial charge in [-0.1, -0.05) is 0 Å². The van der Waals surface area contributed by atoms with E-state index in [9.17, 15) is 29.1 Å². The van der Waals surface area contributed by atoms with Gasteiger partial charge in [0.2, 0.25) is 11.3 Å². The fourth-order valence-corrected chi connectivity index (χ4v) is 1.78. The molecular formula is C12H7FN2O5. The Hall–Kier alpha value is -3.03. The quantitative estimate of drug-likeness (QED) is 0.711. The van der Waals surface area contributed by atoms with E-state index >= 15 is 0 Å². The van der Waals surface area contributed by atoms with Crippen molar-refractivity contribution < 1.29 is 19.4 Å². The highest BCUT2D eigenvalue weighted by Gasteiger charge is 2.18. The van der Waals surface area contributed by atoms with Crippen molar-refractivity contribution in [1.29, 1.82) is 0 Å². The van der Waals surface area contributed by atoms with E-state index in [4.69, 9.17) is 5.73 Å². The number of hydrogen-bond acceptors (Lipinski definition) is 6. The van der Waals surface area contributed by atoms with Crippen LogP contribution in [0, 0.1) is 10.7 Å². The first-order chi connectivity index (χ1) is 9.36. The molecule has 102 valence electrons. The second-order valence-corrected chi connectivity index (χ2v) is 3.93. The molecule has 0 heterocycles. The van der Waals surface area contributed by atoms with Crippen molar-refractivity contribution in [3.63, 3.8) is 0 Å². The summed E-state index contributed by atoms with van der Waals surface area (Å²) in [5.74, 6) is -4.22. The van der Waals surface area contributed by atoms with Gasteiger partial charge in [0.1, 0.15) is 0 Å². The summed E-state index contributed by atoms with van der Waals surface area (Å²) in [6.45, 7) is 0. The number of phenolic OH excluding ortho intramolecular Hbond substituents is 1. The van der Waals surface area contributed by atoms with Gasteiger partial charge in [0.15, 0.2) is 23.0 Å². The van der Waals surface area contributed by atoms with Crippen molar-refractivity contribution in [3.05, 3.63) is 44.7 Å². The van der Waals surface area contributed by atoms with Gasteiger partial charge < -0.3 is 15.9 Å². The summed E-state index contributed by atoms with van der Waals surface area (Å²) in [5, 5.41) is 20.9. The molecule has 7 nitrogen and oxygen atoms in total. The van der Waals surface area contributed by atoms with Gasteiger partial charge in [0.25, 0.3) is 0 Å². The Balaban J connectivity index is 3.17. The van der Waals surface area contributed by atoms with E-state index in [0.717, 1.165) is 18.2 Å². The Morgan fingerprint density at radius 3 is 2.40 bits per heavy atom. The molecule has 0 fully saturated rings. The zero-order valence-electron chi connectivity index (χ0n) is 9.75. The van der Waals surface area contributed by atoms with Crippen LogP contribution in [0.2, 0.25) is 0 Å². The summed E-state index contributed by atoms with van der Waals surface area (Å²) < 4.78 is 13.5. The number of benzene rings is 1. The van der Waals surface area contributed by atoms with Crippen molar-refractivity contribution in [3.8, 4) is 11.5 Å². The van der Waals surface area contributed by atoms with Crippen molar-refractivity contribution in [2.75, 3.05) is 0 Å². The molecule has 20 heavy (non-hydrogen) atoms. The molecule has 0 atom stereocenters. The molecule has 0 aliphatic rings. The maximum atomic E-state index is 13.5. The third-order valence-corrected chi connectivity index (χ3v) is 2.70. The lowest BCUT2D eigenvalue weighted by molar-refractivity contribution is 0.100. The Morgan fingerprint density at radius 2 is 1.85 bits per heavy atom. The van der Waals surface area contributed by atoms with Crippen LogP contribution < -0.4 is 11.2 Å². The van der Waals surface area contributed by atoms with Gasteiger partial charge in [0.05, 0.1) is 5.39 Å². The van der Waals surface area contributed by atoms with Crippen LogP contribution in [0.1, 0.15) is 10.4 Å². The maximum absolute atomic E-state index is 13.5. The summed E-state index contributed by atoms with van der Waals surface area (Å²) in [7, 11) is 0. The minimum Gasteiger partial charge on any atom is -0.504 e. The number of phenols is 1. The maximum Gasteiger partial charge on any atom is 0.248 e. The Labute approximate surface area is 110 Å². The van der Waals surface area contributed by atoms with E-state index in [1.807, 2.05) is 0 Å². The lowest BCUT2D eigenvalue weighted by atomic mass is 10.1. The summed E-state index contributed by atoms with van der Waals surface area (Å²) in [6, 6.07) is 2.49. The van der Waals surface area contributed by atoms with Crippen molar-refractivity contribution in [2.24, 2.45) is 10.9 Å². The standard InChI is InChI=1S/C12H7FN2O5/c13-6-2-4-1-5(12(14)19)3-7(16)11(18)8(4)9(15-20)10(6)17/h1-3,17H,(H2,14,19)(H,16,18). The molecule has 2 aromatic rings. The van der Waals surface area contributed by atoms with Gasteiger partial charge in [-0.15, -0.1) is 4.91 Å². The highest BCUT2D eigenvalue weighted by atomic mass is 19.1. The molecule has 0 aliphatic carbocycles. The smallest absolute Gasteiger partial charge is 0.248 e. The molecule has 0 unspecified atom stereocenters. The summed E-state index contributed by atoms with van der Waals surface area (Å²) >= 11 is 0. The molecule has 0 aliphatic heterocycles. The van der Waals surface area contributed by atoms with Gasteiger partial charge in [-0.2, -0.15) is 0 Å². The number of rotatable bonds is 2. The second kappa shape index (κ2) is 4.57. The largest absolute Gasteiger partial charge is 0.504 e. The predicted octanol–water partition coefficient (Wildman–Crippen LogP) is 1.25. The molecule has 2 rings (SSSR count). The van der Waals surface area contributed by atoms with Gasteiger partial charge in [0, 0.05) is 11.6 Å². The zero-order valence-corrected chi connectivity index (χ0v) is 9.75. The number of nitroso groups, excluding NO2 is 1. The van der Waals surface area contributed by atoms with Gasteiger partial charge in [-0.25, -0.2) is 4.39 Å². The molecule has 4 N–H and O–H groups in total. The molecular weight excluding hydrogens is 271 g/mol. The van der Waals surface area contributed by atoms with Crippen LogP contribution >= 0.6 is 0 Å². The molecule has 1 amide bonds. The fraction of sp³-hybridized carbons (Fsp3) is 0. The third kappa shape index (κ3) is 1.92. The monoisotopic (exact) mass is 278 g/mol. The van der Waals surface area contributed by atoms with E-state index in [-0.39, 0.29) is 10.9 Å². The van der Waals surface area contributed by atoms with Crippen LogP contribution in [-0.4, -0.2) is 16.1 Å². The predicted molar refractivity (Wildman–Crippen MR) is 67.5 cm³/mol. The minimum absolute atomic E-state index is 0.177. The summed E-state index contributed by atoms with van der Waals surface area (Å²) in [4.78, 5) is 33.5. The number of nitrogens with two attached hydrogens (primary N) is 1. The van der Waals surface area contributed by atoms with Gasteiger partial charge in [-0.05, 0) is 22.7 Å². The molecule has 0 radical (unpaired) electrons. The average Bonchev–Trinajstić information content (AvgIpc) is 2.51. The molecule has 0 aromatic heterocycles. The first-order valence-electron chi connectivity index (χ1n) is 5.22. The highest BCUT2D eigenvalue weighted by Crippen LogP contribution is 2.40. The number of primary amides is 1. The lowest BCUT2D eigenvalue weighted by Crippen LogP contribution is -2.11. The van der Waals surface area contributed by atoms with Crippen LogP contribution in [0.4, 0.5) is 10.1 Å². The van der Waals surface area contributed by atoms with Crippen molar-refractivity contribution in [2.45, 2.75) is 0 Å². The van der Waals surface area contributed by atoms with Crippen molar-refractivity contribution >= 4 is 22.4 Å². The Bertz CT molecular complexity index is 819. The number of amides is 1. The molecule has 0 saturated heterocycles. The number of carbonyl (C=O) groups excluding carboxylic acids is 1. The first kappa shape index (κ1) is 13.4. The van der Waals surface area contributed by atoms with Gasteiger partial charge >= 0.3 is 0 Å². The topological polar surface area (TPSA) is 130 Å².